The van der Waals surface area contributed by atoms with Gasteiger partial charge in [-0.05, 0) is 24.3 Å². The number of rotatable bonds is 5. The van der Waals surface area contributed by atoms with Crippen molar-refractivity contribution in [2.75, 3.05) is 5.75 Å². The van der Waals surface area contributed by atoms with E-state index in [-0.39, 0.29) is 18.3 Å². The van der Waals surface area contributed by atoms with Crippen molar-refractivity contribution in [3.63, 3.8) is 0 Å². The SMILES string of the molecule is N#Cc1ccccc1COC(=O)CSc1cc(Cl)ccc1Cl. The lowest BCUT2D eigenvalue weighted by molar-refractivity contribution is -0.141. The minimum Gasteiger partial charge on any atom is -0.460 e. The van der Waals surface area contributed by atoms with Crippen LogP contribution in [-0.2, 0) is 16.1 Å². The Labute approximate surface area is 142 Å². The highest BCUT2D eigenvalue weighted by molar-refractivity contribution is 8.00. The highest BCUT2D eigenvalue weighted by atomic mass is 35.5. The Bertz CT molecular complexity index is 728. The summed E-state index contributed by atoms with van der Waals surface area (Å²) in [7, 11) is 0. The third-order valence-electron chi connectivity index (χ3n) is 2.77. The average Bonchev–Trinajstić information content (AvgIpc) is 2.54. The number of hydrogen-bond donors (Lipinski definition) is 0. The van der Waals surface area contributed by atoms with Crippen LogP contribution in [0.3, 0.4) is 0 Å². The van der Waals surface area contributed by atoms with E-state index in [2.05, 4.69) is 6.07 Å². The molecule has 0 aliphatic carbocycles. The molecule has 6 heteroatoms. The molecule has 0 bridgehead atoms. The van der Waals surface area contributed by atoms with E-state index in [4.69, 9.17) is 33.2 Å². The number of carbonyl (C=O) groups is 1. The molecular weight excluding hydrogens is 341 g/mol. The van der Waals surface area contributed by atoms with Crippen molar-refractivity contribution in [3.8, 4) is 6.07 Å². The first-order chi connectivity index (χ1) is 10.6. The number of nitrogens with zero attached hydrogens (tertiary/aromatic N) is 1. The molecular formula is C16H11Cl2NO2S. The van der Waals surface area contributed by atoms with Gasteiger partial charge in [-0.3, -0.25) is 4.79 Å². The number of ether oxygens (including phenoxy) is 1. The molecule has 0 fully saturated rings. The minimum atomic E-state index is -0.381. The minimum absolute atomic E-state index is 0.0758. The second-order valence-electron chi connectivity index (χ2n) is 4.29. The van der Waals surface area contributed by atoms with Crippen LogP contribution < -0.4 is 0 Å². The summed E-state index contributed by atoms with van der Waals surface area (Å²) in [5.74, 6) is -0.261. The maximum Gasteiger partial charge on any atom is 0.316 e. The Morgan fingerprint density at radius 2 is 2.00 bits per heavy atom. The lowest BCUT2D eigenvalue weighted by Crippen LogP contribution is -2.08. The van der Waals surface area contributed by atoms with Crippen molar-refractivity contribution in [1.82, 2.24) is 0 Å². The van der Waals surface area contributed by atoms with Crippen LogP contribution in [0, 0.1) is 11.3 Å². The van der Waals surface area contributed by atoms with E-state index in [0.717, 1.165) is 4.90 Å². The standard InChI is InChI=1S/C16H11Cl2NO2S/c17-13-5-6-14(18)15(7-13)22-10-16(20)21-9-12-4-2-1-3-11(12)8-19/h1-7H,9-10H2. The number of thioether (sulfide) groups is 1. The van der Waals surface area contributed by atoms with Crippen molar-refractivity contribution in [2.24, 2.45) is 0 Å². The zero-order valence-corrected chi connectivity index (χ0v) is 13.7. The summed E-state index contributed by atoms with van der Waals surface area (Å²) in [4.78, 5) is 12.5. The van der Waals surface area contributed by atoms with Crippen molar-refractivity contribution in [3.05, 3.63) is 63.6 Å². The summed E-state index contributed by atoms with van der Waals surface area (Å²) in [6, 6.07) is 14.1. The Kier molecular flexibility index (Phi) is 6.14. The van der Waals surface area contributed by atoms with E-state index in [0.29, 0.717) is 21.2 Å². The molecule has 0 radical (unpaired) electrons. The topological polar surface area (TPSA) is 50.1 Å². The molecule has 0 unspecified atom stereocenters. The quantitative estimate of drug-likeness (QED) is 0.578. The highest BCUT2D eigenvalue weighted by Crippen LogP contribution is 2.29. The number of benzene rings is 2. The fourth-order valence-electron chi connectivity index (χ4n) is 1.68. The van der Waals surface area contributed by atoms with E-state index in [1.54, 1.807) is 42.5 Å². The van der Waals surface area contributed by atoms with Gasteiger partial charge < -0.3 is 4.74 Å². The maximum atomic E-state index is 11.8. The molecule has 0 saturated carbocycles. The zero-order valence-electron chi connectivity index (χ0n) is 11.4. The fourth-order valence-corrected chi connectivity index (χ4v) is 2.97. The van der Waals surface area contributed by atoms with Crippen LogP contribution in [0.2, 0.25) is 10.0 Å². The largest absolute Gasteiger partial charge is 0.460 e. The first-order valence-electron chi connectivity index (χ1n) is 6.31. The van der Waals surface area contributed by atoms with E-state index >= 15 is 0 Å². The van der Waals surface area contributed by atoms with Crippen LogP contribution in [0.4, 0.5) is 0 Å². The molecule has 0 amide bonds. The van der Waals surface area contributed by atoms with Gasteiger partial charge in [-0.15, -0.1) is 11.8 Å². The third kappa shape index (κ3) is 4.67. The predicted octanol–water partition coefficient (Wildman–Crippen LogP) is 4.70. The van der Waals surface area contributed by atoms with E-state index in [1.807, 2.05) is 0 Å². The van der Waals surface area contributed by atoms with E-state index in [1.165, 1.54) is 11.8 Å². The molecule has 22 heavy (non-hydrogen) atoms. The van der Waals surface area contributed by atoms with Gasteiger partial charge in [-0.25, -0.2) is 0 Å². The summed E-state index contributed by atoms with van der Waals surface area (Å²) >= 11 is 13.2. The Hall–Kier alpha value is -1.67. The number of carbonyl (C=O) groups excluding carboxylic acids is 1. The normalized spacial score (nSPS) is 10.0. The third-order valence-corrected chi connectivity index (χ3v) is 4.47. The van der Waals surface area contributed by atoms with Crippen LogP contribution in [-0.4, -0.2) is 11.7 Å². The molecule has 0 aliphatic rings. The summed E-state index contributed by atoms with van der Waals surface area (Å²) in [6.45, 7) is 0.0758. The van der Waals surface area contributed by atoms with Crippen LogP contribution in [0.25, 0.3) is 0 Å². The predicted molar refractivity (Wildman–Crippen MR) is 88.1 cm³/mol. The Balaban J connectivity index is 1.89. The molecule has 0 atom stereocenters. The number of esters is 1. The fraction of sp³-hybridized carbons (Fsp3) is 0.125. The molecule has 0 aliphatic heterocycles. The molecule has 0 aromatic heterocycles. The first-order valence-corrected chi connectivity index (χ1v) is 8.06. The molecule has 0 saturated heterocycles. The molecule has 2 aromatic carbocycles. The number of nitriles is 1. The average molecular weight is 352 g/mol. The molecule has 3 nitrogen and oxygen atoms in total. The van der Waals surface area contributed by atoms with Crippen molar-refractivity contribution >= 4 is 40.9 Å². The highest BCUT2D eigenvalue weighted by Gasteiger charge is 2.09. The lowest BCUT2D eigenvalue weighted by atomic mass is 10.1. The maximum absolute atomic E-state index is 11.8. The molecule has 2 rings (SSSR count). The van der Waals surface area contributed by atoms with Crippen molar-refractivity contribution in [1.29, 1.82) is 5.26 Å². The van der Waals surface area contributed by atoms with Gasteiger partial charge in [0.2, 0.25) is 0 Å². The van der Waals surface area contributed by atoms with Gasteiger partial charge in [0.25, 0.3) is 0 Å². The molecule has 0 heterocycles. The van der Waals surface area contributed by atoms with E-state index < -0.39 is 0 Å². The van der Waals surface area contributed by atoms with Gasteiger partial charge in [-0.2, -0.15) is 5.26 Å². The molecule has 0 N–H and O–H groups in total. The van der Waals surface area contributed by atoms with Crippen LogP contribution in [0.5, 0.6) is 0 Å². The van der Waals surface area contributed by atoms with Gasteiger partial charge in [0.05, 0.1) is 22.4 Å². The molecule has 112 valence electrons. The summed E-state index contributed by atoms with van der Waals surface area (Å²) in [5, 5.41) is 10.1. The monoisotopic (exact) mass is 351 g/mol. The molecule has 2 aromatic rings. The Morgan fingerprint density at radius 3 is 2.77 bits per heavy atom. The van der Waals surface area contributed by atoms with Gasteiger partial charge in [0.15, 0.2) is 0 Å². The summed E-state index contributed by atoms with van der Waals surface area (Å²) in [5.41, 5.74) is 1.19. The van der Waals surface area contributed by atoms with Gasteiger partial charge >= 0.3 is 5.97 Å². The second kappa shape index (κ2) is 8.09. The summed E-state index contributed by atoms with van der Waals surface area (Å²) in [6.07, 6.45) is 0. The van der Waals surface area contributed by atoms with Crippen molar-refractivity contribution < 1.29 is 9.53 Å². The van der Waals surface area contributed by atoms with Gasteiger partial charge in [-0.1, -0.05) is 41.4 Å². The van der Waals surface area contributed by atoms with Gasteiger partial charge in [0.1, 0.15) is 6.61 Å². The van der Waals surface area contributed by atoms with Crippen molar-refractivity contribution in [2.45, 2.75) is 11.5 Å². The van der Waals surface area contributed by atoms with Gasteiger partial charge in [0, 0.05) is 15.5 Å². The van der Waals surface area contributed by atoms with Crippen LogP contribution in [0.1, 0.15) is 11.1 Å². The van der Waals surface area contributed by atoms with Crippen LogP contribution >= 0.6 is 35.0 Å². The summed E-state index contributed by atoms with van der Waals surface area (Å²) < 4.78 is 5.18. The molecule has 0 spiro atoms. The second-order valence-corrected chi connectivity index (χ2v) is 6.15. The van der Waals surface area contributed by atoms with E-state index in [9.17, 15) is 4.79 Å². The lowest BCUT2D eigenvalue weighted by Gasteiger charge is -2.07. The van der Waals surface area contributed by atoms with Crippen LogP contribution in [0.15, 0.2) is 47.4 Å². The zero-order chi connectivity index (χ0) is 15.9. The first kappa shape index (κ1) is 16.7. The number of hydrogen-bond acceptors (Lipinski definition) is 4. The number of halogens is 2. The Morgan fingerprint density at radius 1 is 1.23 bits per heavy atom. The smallest absolute Gasteiger partial charge is 0.316 e.